The quantitative estimate of drug-likeness (QED) is 0.541. The number of amides is 3. The number of nitrogens with one attached hydrogen (secondary N) is 1. The van der Waals surface area contributed by atoms with Gasteiger partial charge in [0.1, 0.15) is 11.6 Å². The van der Waals surface area contributed by atoms with Gasteiger partial charge in [0.25, 0.3) is 0 Å². The number of hydrogen-bond acceptors (Lipinski definition) is 4. The van der Waals surface area contributed by atoms with E-state index in [0.717, 1.165) is 53.6 Å². The number of aryl methyl sites for hydroxylation is 1. The number of nitrogens with zero attached hydrogens (tertiary/aromatic N) is 3. The second-order valence-electron chi connectivity index (χ2n) is 10.9. The number of rotatable bonds is 4. The molecule has 1 aromatic heterocycles. The first kappa shape index (κ1) is 24.7. The lowest BCUT2D eigenvalue weighted by molar-refractivity contribution is -0.142. The van der Waals surface area contributed by atoms with Crippen LogP contribution in [0.3, 0.4) is 0 Å². The number of aliphatic hydroxyl groups is 1. The van der Waals surface area contributed by atoms with Crippen molar-refractivity contribution in [1.82, 2.24) is 14.4 Å². The third kappa shape index (κ3) is 3.83. The van der Waals surface area contributed by atoms with Gasteiger partial charge >= 0.3 is 6.03 Å². The Morgan fingerprint density at radius 1 is 1.13 bits per heavy atom. The van der Waals surface area contributed by atoms with Crippen LogP contribution in [0.5, 0.6) is 5.75 Å². The maximum atomic E-state index is 13.8. The summed E-state index contributed by atoms with van der Waals surface area (Å²) >= 11 is 0. The molecule has 6 rings (SSSR count). The van der Waals surface area contributed by atoms with Crippen molar-refractivity contribution in [3.63, 3.8) is 0 Å². The van der Waals surface area contributed by atoms with Gasteiger partial charge in [-0.05, 0) is 48.7 Å². The molecule has 1 spiro atoms. The summed E-state index contributed by atoms with van der Waals surface area (Å²) in [6.45, 7) is 1.10. The fourth-order valence-corrected chi connectivity index (χ4v) is 6.85. The van der Waals surface area contributed by atoms with Crippen LogP contribution in [0.15, 0.2) is 42.5 Å². The van der Waals surface area contributed by atoms with Crippen molar-refractivity contribution >= 4 is 28.5 Å². The lowest BCUT2D eigenvalue weighted by Gasteiger charge is -2.56. The van der Waals surface area contributed by atoms with Crippen LogP contribution in [0, 0.1) is 11.7 Å². The largest absolute Gasteiger partial charge is 0.497 e. The number of urea groups is 1. The van der Waals surface area contributed by atoms with Gasteiger partial charge in [0.2, 0.25) is 5.91 Å². The summed E-state index contributed by atoms with van der Waals surface area (Å²) in [5.41, 5.74) is 2.89. The van der Waals surface area contributed by atoms with Gasteiger partial charge in [-0.25, -0.2) is 9.18 Å². The second kappa shape index (κ2) is 9.31. The predicted octanol–water partition coefficient (Wildman–Crippen LogP) is 4.18. The van der Waals surface area contributed by atoms with Crippen LogP contribution in [-0.4, -0.2) is 64.8 Å². The highest BCUT2D eigenvalue weighted by molar-refractivity contribution is 5.93. The number of methoxy groups -OCH3 is 1. The molecule has 8 nitrogen and oxygen atoms in total. The number of carbonyl (C=O) groups excluding carboxylic acids is 2. The number of halogens is 1. The Hall–Kier alpha value is -3.59. The van der Waals surface area contributed by atoms with E-state index >= 15 is 0 Å². The van der Waals surface area contributed by atoms with E-state index in [-0.39, 0.29) is 24.5 Å². The van der Waals surface area contributed by atoms with E-state index in [1.807, 2.05) is 30.1 Å². The molecule has 200 valence electrons. The average molecular weight is 521 g/mol. The molecule has 3 amide bonds. The molecule has 9 heteroatoms. The zero-order chi connectivity index (χ0) is 26.6. The monoisotopic (exact) mass is 520 g/mol. The molecule has 1 saturated carbocycles. The first-order valence-electron chi connectivity index (χ1n) is 13.2. The molecule has 1 saturated heterocycles. The lowest BCUT2D eigenvalue weighted by atomic mass is 9.68. The van der Waals surface area contributed by atoms with Crippen LogP contribution in [0.4, 0.5) is 14.9 Å². The third-order valence-electron chi connectivity index (χ3n) is 8.66. The Bertz CT molecular complexity index is 1410. The van der Waals surface area contributed by atoms with E-state index in [9.17, 15) is 19.1 Å². The minimum atomic E-state index is -0.470. The molecule has 3 aromatic rings. The normalized spacial score (nSPS) is 20.5. The summed E-state index contributed by atoms with van der Waals surface area (Å²) < 4.78 is 21.2. The Kier molecular flexibility index (Phi) is 6.06. The van der Waals surface area contributed by atoms with E-state index in [1.54, 1.807) is 24.1 Å². The molecular weight excluding hydrogens is 487 g/mol. The van der Waals surface area contributed by atoms with Gasteiger partial charge in [0, 0.05) is 55.4 Å². The molecular formula is C29H33FN4O4. The fraction of sp³-hybridized carbons (Fsp3) is 0.448. The van der Waals surface area contributed by atoms with Gasteiger partial charge in [0.05, 0.1) is 30.7 Å². The Morgan fingerprint density at radius 3 is 2.58 bits per heavy atom. The zero-order valence-electron chi connectivity index (χ0n) is 21.7. The summed E-state index contributed by atoms with van der Waals surface area (Å²) in [5, 5.41) is 14.4. The van der Waals surface area contributed by atoms with Crippen LogP contribution in [0.1, 0.15) is 43.0 Å². The van der Waals surface area contributed by atoms with E-state index in [1.165, 1.54) is 12.1 Å². The van der Waals surface area contributed by atoms with Crippen molar-refractivity contribution < 1.29 is 23.8 Å². The van der Waals surface area contributed by atoms with Gasteiger partial charge in [-0.2, -0.15) is 0 Å². The molecule has 38 heavy (non-hydrogen) atoms. The summed E-state index contributed by atoms with van der Waals surface area (Å²) in [6.07, 6.45) is 3.85. The van der Waals surface area contributed by atoms with Gasteiger partial charge in [0.15, 0.2) is 0 Å². The number of anilines is 1. The standard InChI is InChI=1S/C29H33FN4O4/c1-32-23-13-21(38-2)10-11-22(23)25-26(32)24(14-35)34(27(36)18-6-3-4-7-18)17-29(25)15-33(16-29)28(37)31-20-9-5-8-19(30)12-20/h5,8-13,18,24,35H,3-4,6-7,14-17H2,1-2H3,(H,31,37)/t24-/m0/s1. The molecule has 3 aliphatic rings. The Morgan fingerprint density at radius 2 is 1.89 bits per heavy atom. The highest BCUT2D eigenvalue weighted by Crippen LogP contribution is 2.50. The van der Waals surface area contributed by atoms with Gasteiger partial charge < -0.3 is 29.5 Å². The van der Waals surface area contributed by atoms with Crippen LogP contribution in [0.25, 0.3) is 10.9 Å². The average Bonchev–Trinajstić information content (AvgIpc) is 3.53. The predicted molar refractivity (Wildman–Crippen MR) is 142 cm³/mol. The molecule has 2 N–H and O–H groups in total. The molecule has 0 unspecified atom stereocenters. The number of fused-ring (bicyclic) bond motifs is 4. The van der Waals surface area contributed by atoms with E-state index in [0.29, 0.717) is 25.3 Å². The molecule has 0 radical (unpaired) electrons. The first-order valence-corrected chi connectivity index (χ1v) is 13.2. The van der Waals surface area contributed by atoms with E-state index in [4.69, 9.17) is 4.74 Å². The summed E-state index contributed by atoms with van der Waals surface area (Å²) in [4.78, 5) is 30.4. The van der Waals surface area contributed by atoms with Crippen molar-refractivity contribution in [1.29, 1.82) is 0 Å². The first-order chi connectivity index (χ1) is 18.3. The number of hydrogen-bond donors (Lipinski definition) is 2. The molecule has 2 aromatic carbocycles. The number of aromatic nitrogens is 1. The summed E-state index contributed by atoms with van der Waals surface area (Å²) in [7, 11) is 3.60. The van der Waals surface area contributed by atoms with Crippen LogP contribution in [0.2, 0.25) is 0 Å². The van der Waals surface area contributed by atoms with Crippen molar-refractivity contribution in [2.75, 3.05) is 38.7 Å². The van der Waals surface area contributed by atoms with Crippen molar-refractivity contribution in [3.8, 4) is 5.75 Å². The van der Waals surface area contributed by atoms with Gasteiger partial charge in [-0.1, -0.05) is 18.9 Å². The second-order valence-corrected chi connectivity index (χ2v) is 10.9. The third-order valence-corrected chi connectivity index (χ3v) is 8.66. The molecule has 2 fully saturated rings. The molecule has 1 aliphatic carbocycles. The molecule has 1 atom stereocenters. The molecule has 2 aliphatic heterocycles. The smallest absolute Gasteiger partial charge is 0.321 e. The van der Waals surface area contributed by atoms with Crippen molar-refractivity contribution in [2.24, 2.45) is 13.0 Å². The Labute approximate surface area is 221 Å². The van der Waals surface area contributed by atoms with Crippen molar-refractivity contribution in [2.45, 2.75) is 37.1 Å². The van der Waals surface area contributed by atoms with Crippen molar-refractivity contribution in [3.05, 3.63) is 59.5 Å². The highest BCUT2D eigenvalue weighted by Gasteiger charge is 2.56. The fourth-order valence-electron chi connectivity index (χ4n) is 6.85. The van der Waals surface area contributed by atoms with E-state index < -0.39 is 17.3 Å². The van der Waals surface area contributed by atoms with Crippen LogP contribution in [-0.2, 0) is 17.3 Å². The number of likely N-dealkylation sites (tertiary alicyclic amines) is 1. The van der Waals surface area contributed by atoms with E-state index in [2.05, 4.69) is 9.88 Å². The minimum Gasteiger partial charge on any atom is -0.497 e. The number of carbonyl (C=O) groups is 2. The van der Waals surface area contributed by atoms with Gasteiger partial charge in [-0.15, -0.1) is 0 Å². The molecule has 0 bridgehead atoms. The topological polar surface area (TPSA) is 87.0 Å². The highest BCUT2D eigenvalue weighted by atomic mass is 19.1. The van der Waals surface area contributed by atoms with Crippen LogP contribution >= 0.6 is 0 Å². The van der Waals surface area contributed by atoms with Crippen LogP contribution < -0.4 is 10.1 Å². The summed E-state index contributed by atoms with van der Waals surface area (Å²) in [6, 6.07) is 11.0. The number of ether oxygens (including phenoxy) is 1. The molecule has 3 heterocycles. The maximum Gasteiger partial charge on any atom is 0.321 e. The summed E-state index contributed by atoms with van der Waals surface area (Å²) in [5.74, 6) is 0.387. The number of aliphatic hydroxyl groups excluding tert-OH is 1. The zero-order valence-corrected chi connectivity index (χ0v) is 21.7. The van der Waals surface area contributed by atoms with Gasteiger partial charge in [-0.3, -0.25) is 4.79 Å². The Balaban J connectivity index is 1.39. The SMILES string of the molecule is COc1ccc2c3c(n(C)c2c1)[C@H](CO)N(C(=O)C1CCCC1)CC31CN(C(=O)Nc2cccc(F)c2)C1. The number of benzene rings is 2. The maximum absolute atomic E-state index is 13.8. The lowest BCUT2D eigenvalue weighted by Crippen LogP contribution is -2.69. The minimum absolute atomic E-state index is 0.0233.